The van der Waals surface area contributed by atoms with Gasteiger partial charge in [0.05, 0.1) is 0 Å². The maximum atomic E-state index is 12.1. The Morgan fingerprint density at radius 2 is 1.77 bits per heavy atom. The molecule has 2 aromatic rings. The molecule has 3 N–H and O–H groups in total. The molecular formula is C18H20N4O3S. The van der Waals surface area contributed by atoms with E-state index in [2.05, 4.69) is 35.0 Å². The summed E-state index contributed by atoms with van der Waals surface area (Å²) in [5.41, 5.74) is 6.64. The quantitative estimate of drug-likeness (QED) is 0.564. The normalized spacial score (nSPS) is 13.3. The topological polar surface area (TPSA) is 100 Å². The standard InChI is InChI=1S/C18H20N4O3S/c1-10(2)11-3-5-12(6-4-11)18-20-14(9-26-18)15(23)21-22-17(25)16(24)19-13-7-8-13/h3-6,9-10,13H,7-8H2,1-2H3,(H,19,24)(H,21,23)(H,22,25). The third-order valence-electron chi connectivity index (χ3n) is 3.97. The van der Waals surface area contributed by atoms with E-state index < -0.39 is 17.7 Å². The van der Waals surface area contributed by atoms with E-state index in [1.54, 1.807) is 5.38 Å². The van der Waals surface area contributed by atoms with Crippen LogP contribution in [0.4, 0.5) is 0 Å². The Morgan fingerprint density at radius 3 is 2.38 bits per heavy atom. The van der Waals surface area contributed by atoms with Crippen LogP contribution in [0.3, 0.4) is 0 Å². The van der Waals surface area contributed by atoms with Gasteiger partial charge in [0, 0.05) is 17.0 Å². The van der Waals surface area contributed by atoms with Gasteiger partial charge in [-0.3, -0.25) is 25.2 Å². The van der Waals surface area contributed by atoms with Crippen LogP contribution >= 0.6 is 11.3 Å². The predicted molar refractivity (Wildman–Crippen MR) is 98.4 cm³/mol. The summed E-state index contributed by atoms with van der Waals surface area (Å²) in [6.07, 6.45) is 1.76. The van der Waals surface area contributed by atoms with Crippen LogP contribution in [0.15, 0.2) is 29.6 Å². The summed E-state index contributed by atoms with van der Waals surface area (Å²) in [6, 6.07) is 8.10. The first-order chi connectivity index (χ1) is 12.4. The number of amides is 3. The number of nitrogens with one attached hydrogen (secondary N) is 3. The molecule has 0 spiro atoms. The molecule has 1 aliphatic rings. The molecule has 1 aromatic heterocycles. The first-order valence-corrected chi connectivity index (χ1v) is 9.29. The Balaban J connectivity index is 1.57. The highest BCUT2D eigenvalue weighted by Crippen LogP contribution is 2.25. The number of carbonyl (C=O) groups excluding carboxylic acids is 3. The minimum atomic E-state index is -0.898. The fourth-order valence-corrected chi connectivity index (χ4v) is 3.04. The number of hydrogen-bond donors (Lipinski definition) is 3. The summed E-state index contributed by atoms with van der Waals surface area (Å²) < 4.78 is 0. The lowest BCUT2D eigenvalue weighted by Crippen LogP contribution is -2.49. The molecule has 0 saturated heterocycles. The number of benzene rings is 1. The van der Waals surface area contributed by atoms with Gasteiger partial charge in [0.2, 0.25) is 0 Å². The van der Waals surface area contributed by atoms with Gasteiger partial charge in [-0.05, 0) is 24.3 Å². The molecule has 8 heteroatoms. The van der Waals surface area contributed by atoms with E-state index in [0.29, 0.717) is 10.9 Å². The van der Waals surface area contributed by atoms with E-state index in [0.717, 1.165) is 18.4 Å². The largest absolute Gasteiger partial charge is 0.345 e. The Hall–Kier alpha value is -2.74. The predicted octanol–water partition coefficient (Wildman–Crippen LogP) is 1.97. The fourth-order valence-electron chi connectivity index (χ4n) is 2.23. The molecule has 7 nitrogen and oxygen atoms in total. The highest BCUT2D eigenvalue weighted by atomic mass is 32.1. The minimum absolute atomic E-state index is 0.0761. The number of nitrogens with zero attached hydrogens (tertiary/aromatic N) is 1. The Bertz CT molecular complexity index is 825. The molecule has 1 aliphatic carbocycles. The Kier molecular flexibility index (Phi) is 5.32. The van der Waals surface area contributed by atoms with Crippen LogP contribution in [-0.2, 0) is 9.59 Å². The van der Waals surface area contributed by atoms with Crippen molar-refractivity contribution in [2.75, 3.05) is 0 Å². The molecule has 1 heterocycles. The summed E-state index contributed by atoms with van der Waals surface area (Å²) in [6.45, 7) is 4.25. The van der Waals surface area contributed by atoms with Crippen molar-refractivity contribution in [1.82, 2.24) is 21.2 Å². The second-order valence-corrected chi connectivity index (χ2v) is 7.33. The minimum Gasteiger partial charge on any atom is -0.345 e. The van der Waals surface area contributed by atoms with E-state index in [1.807, 2.05) is 24.3 Å². The lowest BCUT2D eigenvalue weighted by Gasteiger charge is -2.06. The lowest BCUT2D eigenvalue weighted by atomic mass is 10.0. The molecule has 0 atom stereocenters. The van der Waals surface area contributed by atoms with Crippen molar-refractivity contribution in [1.29, 1.82) is 0 Å². The zero-order chi connectivity index (χ0) is 18.7. The van der Waals surface area contributed by atoms with Crippen LogP contribution in [-0.4, -0.2) is 28.7 Å². The Labute approximate surface area is 155 Å². The van der Waals surface area contributed by atoms with Gasteiger partial charge in [0.15, 0.2) is 0 Å². The first kappa shape index (κ1) is 18.1. The van der Waals surface area contributed by atoms with E-state index in [9.17, 15) is 14.4 Å². The van der Waals surface area contributed by atoms with E-state index in [1.165, 1.54) is 16.9 Å². The summed E-state index contributed by atoms with van der Waals surface area (Å²) in [4.78, 5) is 39.5. The van der Waals surface area contributed by atoms with Gasteiger partial charge in [0.1, 0.15) is 10.7 Å². The van der Waals surface area contributed by atoms with Crippen LogP contribution in [0.25, 0.3) is 10.6 Å². The second-order valence-electron chi connectivity index (χ2n) is 6.47. The van der Waals surface area contributed by atoms with Crippen LogP contribution in [0.2, 0.25) is 0 Å². The lowest BCUT2D eigenvalue weighted by molar-refractivity contribution is -0.139. The van der Waals surface area contributed by atoms with Gasteiger partial charge in [-0.1, -0.05) is 38.1 Å². The van der Waals surface area contributed by atoms with Gasteiger partial charge < -0.3 is 5.32 Å². The van der Waals surface area contributed by atoms with Crippen molar-refractivity contribution in [2.24, 2.45) is 0 Å². The zero-order valence-electron chi connectivity index (χ0n) is 14.5. The number of aromatic nitrogens is 1. The summed E-state index contributed by atoms with van der Waals surface area (Å²) in [5.74, 6) is -1.77. The number of rotatable bonds is 4. The van der Waals surface area contributed by atoms with Crippen molar-refractivity contribution < 1.29 is 14.4 Å². The van der Waals surface area contributed by atoms with Crippen molar-refractivity contribution in [3.63, 3.8) is 0 Å². The third kappa shape index (κ3) is 4.45. The molecule has 136 valence electrons. The number of thiazole rings is 1. The molecule has 0 unspecified atom stereocenters. The number of hydrazine groups is 1. The van der Waals surface area contributed by atoms with E-state index in [4.69, 9.17) is 0 Å². The highest BCUT2D eigenvalue weighted by Gasteiger charge is 2.26. The zero-order valence-corrected chi connectivity index (χ0v) is 15.4. The van der Waals surface area contributed by atoms with Gasteiger partial charge in [-0.2, -0.15) is 0 Å². The average Bonchev–Trinajstić information content (AvgIpc) is 3.31. The van der Waals surface area contributed by atoms with Gasteiger partial charge in [-0.15, -0.1) is 11.3 Å². The molecule has 3 amide bonds. The van der Waals surface area contributed by atoms with Gasteiger partial charge in [0.25, 0.3) is 5.91 Å². The monoisotopic (exact) mass is 372 g/mol. The van der Waals surface area contributed by atoms with E-state index in [-0.39, 0.29) is 11.7 Å². The molecule has 0 aliphatic heterocycles. The highest BCUT2D eigenvalue weighted by molar-refractivity contribution is 7.13. The molecule has 0 radical (unpaired) electrons. The van der Waals surface area contributed by atoms with E-state index >= 15 is 0 Å². The maximum absolute atomic E-state index is 12.1. The van der Waals surface area contributed by atoms with Crippen LogP contribution in [0.5, 0.6) is 0 Å². The Morgan fingerprint density at radius 1 is 1.08 bits per heavy atom. The molecule has 26 heavy (non-hydrogen) atoms. The number of carbonyl (C=O) groups is 3. The van der Waals surface area contributed by atoms with Crippen molar-refractivity contribution >= 4 is 29.1 Å². The van der Waals surface area contributed by atoms with Gasteiger partial charge in [-0.25, -0.2) is 4.98 Å². The van der Waals surface area contributed by atoms with Crippen molar-refractivity contribution in [3.05, 3.63) is 40.9 Å². The molecule has 1 fully saturated rings. The maximum Gasteiger partial charge on any atom is 0.327 e. The summed E-state index contributed by atoms with van der Waals surface area (Å²) in [5, 5.41) is 4.86. The van der Waals surface area contributed by atoms with Crippen molar-refractivity contribution in [2.45, 2.75) is 38.6 Å². The molecule has 1 aromatic carbocycles. The van der Waals surface area contributed by atoms with Crippen molar-refractivity contribution in [3.8, 4) is 10.6 Å². The first-order valence-electron chi connectivity index (χ1n) is 8.41. The number of hydrogen-bond acceptors (Lipinski definition) is 5. The molecular weight excluding hydrogens is 352 g/mol. The van der Waals surface area contributed by atoms with Crippen LogP contribution in [0.1, 0.15) is 48.7 Å². The molecule has 0 bridgehead atoms. The second kappa shape index (κ2) is 7.65. The fraction of sp³-hybridized carbons (Fsp3) is 0.333. The average molecular weight is 372 g/mol. The summed E-state index contributed by atoms with van der Waals surface area (Å²) >= 11 is 1.34. The van der Waals surface area contributed by atoms with Crippen LogP contribution in [0, 0.1) is 0 Å². The molecule has 3 rings (SSSR count). The molecule has 1 saturated carbocycles. The van der Waals surface area contributed by atoms with Gasteiger partial charge >= 0.3 is 11.8 Å². The smallest absolute Gasteiger partial charge is 0.327 e. The third-order valence-corrected chi connectivity index (χ3v) is 4.86. The summed E-state index contributed by atoms with van der Waals surface area (Å²) in [7, 11) is 0. The van der Waals surface area contributed by atoms with Crippen LogP contribution < -0.4 is 16.2 Å². The SMILES string of the molecule is CC(C)c1ccc(-c2nc(C(=O)NNC(=O)C(=O)NC3CC3)cs2)cc1.